The maximum Gasteiger partial charge on any atom is 0.434 e. The fourth-order valence-corrected chi connectivity index (χ4v) is 5.47. The minimum atomic E-state index is -3.99. The number of aromatic amines is 1. The van der Waals surface area contributed by atoms with Crippen molar-refractivity contribution < 1.29 is 12.8 Å². The second-order valence-corrected chi connectivity index (χ2v) is 10.1. The Morgan fingerprint density at radius 2 is 2.10 bits per heavy atom. The third-order valence-electron chi connectivity index (χ3n) is 5.54. The maximum atomic E-state index is 13.0. The predicted molar refractivity (Wildman–Crippen MR) is 114 cm³/mol. The lowest BCUT2D eigenvalue weighted by Gasteiger charge is -2.25. The van der Waals surface area contributed by atoms with Crippen molar-refractivity contribution in [3.05, 3.63) is 74.1 Å². The van der Waals surface area contributed by atoms with Gasteiger partial charge in [-0.1, -0.05) is 32.0 Å². The standard InChI is InChI=1S/C20H21BrN4O4S/c1-11-6-7-13-4-3-5-15(17(11)13)12(2)18(19-23-24-20(26)29-19)25-30(27,28)16-9-8-14(21)10-22-16/h3-5,8-12,18,25H,6-7H2,1-2H3,(H,24,26)/t11?,12?,18-/m0/s1. The van der Waals surface area contributed by atoms with Crippen molar-refractivity contribution >= 4 is 26.0 Å². The number of nitrogens with zero attached hydrogens (tertiary/aromatic N) is 2. The maximum absolute atomic E-state index is 13.0. The molecule has 0 amide bonds. The van der Waals surface area contributed by atoms with Crippen molar-refractivity contribution in [2.75, 3.05) is 0 Å². The summed E-state index contributed by atoms with van der Waals surface area (Å²) in [5.41, 5.74) is 3.51. The molecule has 0 fully saturated rings. The van der Waals surface area contributed by atoms with E-state index in [9.17, 15) is 13.2 Å². The average Bonchev–Trinajstić information content (AvgIpc) is 3.32. The Balaban J connectivity index is 1.76. The zero-order valence-electron chi connectivity index (χ0n) is 16.4. The monoisotopic (exact) mass is 492 g/mol. The highest BCUT2D eigenvalue weighted by Gasteiger charge is 2.34. The molecular formula is C20H21BrN4O4S. The van der Waals surface area contributed by atoms with Gasteiger partial charge in [-0.15, -0.1) is 5.10 Å². The van der Waals surface area contributed by atoms with Gasteiger partial charge in [0.25, 0.3) is 10.0 Å². The lowest BCUT2D eigenvalue weighted by molar-refractivity contribution is 0.380. The molecule has 1 aliphatic rings. The molecule has 0 bridgehead atoms. The van der Waals surface area contributed by atoms with E-state index in [-0.39, 0.29) is 16.8 Å². The van der Waals surface area contributed by atoms with Gasteiger partial charge in [0.1, 0.15) is 6.04 Å². The number of aryl methyl sites for hydroxylation is 1. The van der Waals surface area contributed by atoms with E-state index in [1.807, 2.05) is 19.1 Å². The predicted octanol–water partition coefficient (Wildman–Crippen LogP) is 3.39. The normalized spacial score (nSPS) is 18.2. The van der Waals surface area contributed by atoms with Crippen LogP contribution in [0.1, 0.15) is 60.7 Å². The van der Waals surface area contributed by atoms with Crippen molar-refractivity contribution in [1.82, 2.24) is 19.9 Å². The van der Waals surface area contributed by atoms with E-state index in [2.05, 4.69) is 48.8 Å². The first-order chi connectivity index (χ1) is 14.3. The molecule has 0 aliphatic heterocycles. The van der Waals surface area contributed by atoms with Crippen LogP contribution in [-0.2, 0) is 16.4 Å². The molecule has 0 saturated carbocycles. The van der Waals surface area contributed by atoms with Gasteiger partial charge in [0, 0.05) is 16.6 Å². The lowest BCUT2D eigenvalue weighted by atomic mass is 9.86. The number of halogens is 1. The fourth-order valence-electron chi connectivity index (χ4n) is 4.03. The third-order valence-corrected chi connectivity index (χ3v) is 7.36. The summed E-state index contributed by atoms with van der Waals surface area (Å²) in [4.78, 5) is 15.6. The summed E-state index contributed by atoms with van der Waals surface area (Å²) < 4.78 is 34.5. The molecule has 30 heavy (non-hydrogen) atoms. The van der Waals surface area contributed by atoms with Gasteiger partial charge in [0.05, 0.1) is 0 Å². The third kappa shape index (κ3) is 3.99. The number of benzene rings is 1. The number of hydrogen-bond acceptors (Lipinski definition) is 6. The minimum absolute atomic E-state index is 0.0172. The molecule has 2 N–H and O–H groups in total. The van der Waals surface area contributed by atoms with Gasteiger partial charge in [-0.25, -0.2) is 23.3 Å². The van der Waals surface area contributed by atoms with E-state index in [0.29, 0.717) is 10.4 Å². The number of pyridine rings is 1. The Bertz CT molecular complexity index is 1220. The zero-order valence-corrected chi connectivity index (χ0v) is 18.8. The molecular weight excluding hydrogens is 472 g/mol. The van der Waals surface area contributed by atoms with Crippen LogP contribution in [0.25, 0.3) is 0 Å². The molecule has 0 saturated heterocycles. The second-order valence-electron chi connectivity index (χ2n) is 7.51. The quantitative estimate of drug-likeness (QED) is 0.544. The van der Waals surface area contributed by atoms with Crippen molar-refractivity contribution in [3.63, 3.8) is 0 Å². The van der Waals surface area contributed by atoms with Crippen molar-refractivity contribution in [3.8, 4) is 0 Å². The van der Waals surface area contributed by atoms with Crippen molar-refractivity contribution in [2.24, 2.45) is 0 Å². The molecule has 1 aliphatic carbocycles. The van der Waals surface area contributed by atoms with Crippen LogP contribution in [0, 0.1) is 0 Å². The van der Waals surface area contributed by atoms with Gasteiger partial charge in [0.2, 0.25) is 5.89 Å². The largest absolute Gasteiger partial charge is 0.434 e. The first-order valence-electron chi connectivity index (χ1n) is 9.57. The van der Waals surface area contributed by atoms with Crippen LogP contribution in [0.2, 0.25) is 0 Å². The van der Waals surface area contributed by atoms with Gasteiger partial charge >= 0.3 is 5.76 Å². The van der Waals surface area contributed by atoms with Gasteiger partial charge in [-0.2, -0.15) is 4.72 Å². The molecule has 0 radical (unpaired) electrons. The highest BCUT2D eigenvalue weighted by atomic mass is 79.9. The summed E-state index contributed by atoms with van der Waals surface area (Å²) in [6.07, 6.45) is 3.46. The Labute approximate surface area is 182 Å². The smallest absolute Gasteiger partial charge is 0.391 e. The molecule has 0 spiro atoms. The van der Waals surface area contributed by atoms with Gasteiger partial charge < -0.3 is 4.42 Å². The van der Waals surface area contributed by atoms with Gasteiger partial charge in [-0.3, -0.25) is 0 Å². The van der Waals surface area contributed by atoms with Gasteiger partial charge in [-0.05, 0) is 63.5 Å². The molecule has 3 aromatic rings. The minimum Gasteiger partial charge on any atom is -0.391 e. The summed E-state index contributed by atoms with van der Waals surface area (Å²) in [5, 5.41) is 6.00. The van der Waals surface area contributed by atoms with E-state index in [1.165, 1.54) is 23.4 Å². The highest BCUT2D eigenvalue weighted by Crippen LogP contribution is 2.41. The summed E-state index contributed by atoms with van der Waals surface area (Å²) in [6.45, 7) is 4.07. The number of fused-ring (bicyclic) bond motifs is 1. The van der Waals surface area contributed by atoms with E-state index < -0.39 is 21.8 Å². The van der Waals surface area contributed by atoms with E-state index in [4.69, 9.17) is 4.42 Å². The number of nitrogens with one attached hydrogen (secondary N) is 2. The summed E-state index contributed by atoms with van der Waals surface area (Å²) in [5.74, 6) is -0.723. The molecule has 2 heterocycles. The van der Waals surface area contributed by atoms with Crippen LogP contribution < -0.4 is 10.5 Å². The molecule has 8 nitrogen and oxygen atoms in total. The van der Waals surface area contributed by atoms with E-state index in [0.717, 1.165) is 18.4 Å². The van der Waals surface area contributed by atoms with E-state index >= 15 is 0 Å². The molecule has 1 aromatic carbocycles. The van der Waals surface area contributed by atoms with Crippen LogP contribution >= 0.6 is 15.9 Å². The molecule has 2 aromatic heterocycles. The van der Waals surface area contributed by atoms with Crippen LogP contribution in [0.3, 0.4) is 0 Å². The SMILES string of the molecule is CC1CCc2cccc(C(C)[C@H](NS(=O)(=O)c3ccc(Br)cn3)c3n[nH]c(=O)o3)c21. The fraction of sp³-hybridized carbons (Fsp3) is 0.350. The molecule has 4 rings (SSSR count). The summed E-state index contributed by atoms with van der Waals surface area (Å²) >= 11 is 3.25. The number of aromatic nitrogens is 3. The lowest BCUT2D eigenvalue weighted by Crippen LogP contribution is -2.33. The Morgan fingerprint density at radius 3 is 2.77 bits per heavy atom. The highest BCUT2D eigenvalue weighted by molar-refractivity contribution is 9.10. The van der Waals surface area contributed by atoms with Gasteiger partial charge in [0.15, 0.2) is 5.03 Å². The van der Waals surface area contributed by atoms with Crippen molar-refractivity contribution in [1.29, 1.82) is 0 Å². The average molecular weight is 493 g/mol. The van der Waals surface area contributed by atoms with E-state index in [1.54, 1.807) is 6.07 Å². The summed E-state index contributed by atoms with van der Waals surface area (Å²) in [7, 11) is -3.99. The van der Waals surface area contributed by atoms with Crippen LogP contribution in [-0.4, -0.2) is 23.6 Å². The Kier molecular flexibility index (Phi) is 5.65. The zero-order chi connectivity index (χ0) is 21.5. The number of H-pyrrole nitrogens is 1. The van der Waals surface area contributed by atoms with Crippen LogP contribution in [0.4, 0.5) is 0 Å². The van der Waals surface area contributed by atoms with Crippen molar-refractivity contribution in [2.45, 2.75) is 49.6 Å². The second kappa shape index (κ2) is 8.09. The molecule has 2 unspecified atom stereocenters. The van der Waals surface area contributed by atoms with Crippen LogP contribution in [0.15, 0.2) is 55.2 Å². The topological polar surface area (TPSA) is 118 Å². The number of rotatable bonds is 6. The Hall–Kier alpha value is -2.30. The number of sulfonamides is 1. The van der Waals surface area contributed by atoms with Crippen LogP contribution in [0.5, 0.6) is 0 Å². The molecule has 158 valence electrons. The molecule has 3 atom stereocenters. The first kappa shape index (κ1) is 21.0. The Morgan fingerprint density at radius 1 is 1.30 bits per heavy atom. The number of hydrogen-bond donors (Lipinski definition) is 2. The summed E-state index contributed by atoms with van der Waals surface area (Å²) in [6, 6.07) is 8.19. The molecule has 10 heteroatoms. The first-order valence-corrected chi connectivity index (χ1v) is 11.8.